The van der Waals surface area contributed by atoms with E-state index in [-0.39, 0.29) is 12.2 Å². The largest absolute Gasteiger partial charge is 0.473 e. The Labute approximate surface area is 162 Å². The van der Waals surface area contributed by atoms with E-state index in [4.69, 9.17) is 13.9 Å². The maximum Gasteiger partial charge on any atom is 0.352 e. The van der Waals surface area contributed by atoms with Crippen LogP contribution in [0.15, 0.2) is 51.7 Å². The Morgan fingerprint density at radius 1 is 1.14 bits per heavy atom. The molecule has 1 aliphatic rings. The number of benzene rings is 2. The van der Waals surface area contributed by atoms with Crippen LogP contribution < -0.4 is 10.4 Å². The standard InChI is InChI=1S/C23H22O5/c1-3-26-23(25)21(15-8-5-4-6-9-15)27-18-12-14(2)13-19-20(18)16-10-7-11-17(16)22(24)28-19/h4-6,8-9,12-13,21H,3,7,10-11H2,1-2H3. The summed E-state index contributed by atoms with van der Waals surface area (Å²) in [6, 6.07) is 13.0. The number of hydrogen-bond acceptors (Lipinski definition) is 5. The number of hydrogen-bond donors (Lipinski definition) is 0. The maximum absolute atomic E-state index is 12.6. The Balaban J connectivity index is 1.86. The van der Waals surface area contributed by atoms with Gasteiger partial charge in [-0.15, -0.1) is 0 Å². The molecule has 0 amide bonds. The Kier molecular flexibility index (Phi) is 4.90. The molecule has 0 fully saturated rings. The summed E-state index contributed by atoms with van der Waals surface area (Å²) in [5.74, 6) is 0.0937. The van der Waals surface area contributed by atoms with E-state index in [1.165, 1.54) is 0 Å². The third-order valence-corrected chi connectivity index (χ3v) is 5.03. The lowest BCUT2D eigenvalue weighted by Gasteiger charge is -2.20. The average molecular weight is 378 g/mol. The zero-order valence-electron chi connectivity index (χ0n) is 16.0. The lowest BCUT2D eigenvalue weighted by Crippen LogP contribution is -2.22. The van der Waals surface area contributed by atoms with Crippen molar-refractivity contribution in [1.82, 2.24) is 0 Å². The first kappa shape index (κ1) is 18.3. The molecule has 3 aromatic rings. The van der Waals surface area contributed by atoms with E-state index >= 15 is 0 Å². The lowest BCUT2D eigenvalue weighted by atomic mass is 10.0. The summed E-state index contributed by atoms with van der Waals surface area (Å²) in [7, 11) is 0. The van der Waals surface area contributed by atoms with Crippen LogP contribution in [0.1, 0.15) is 41.7 Å². The minimum Gasteiger partial charge on any atom is -0.473 e. The number of carbonyl (C=O) groups is 1. The van der Waals surface area contributed by atoms with Crippen LogP contribution in [0, 0.1) is 6.92 Å². The fourth-order valence-electron chi connectivity index (χ4n) is 3.82. The quantitative estimate of drug-likeness (QED) is 0.490. The van der Waals surface area contributed by atoms with Gasteiger partial charge in [0.25, 0.3) is 0 Å². The van der Waals surface area contributed by atoms with E-state index in [0.717, 1.165) is 29.4 Å². The number of aryl methyl sites for hydroxylation is 2. The van der Waals surface area contributed by atoms with Crippen molar-refractivity contribution < 1.29 is 18.7 Å². The molecule has 0 bridgehead atoms. The highest BCUT2D eigenvalue weighted by atomic mass is 16.6. The van der Waals surface area contributed by atoms with Gasteiger partial charge < -0.3 is 13.9 Å². The smallest absolute Gasteiger partial charge is 0.352 e. The number of fused-ring (bicyclic) bond motifs is 3. The van der Waals surface area contributed by atoms with Crippen LogP contribution in [-0.2, 0) is 22.4 Å². The molecule has 144 valence electrons. The lowest BCUT2D eigenvalue weighted by molar-refractivity contribution is -0.151. The third-order valence-electron chi connectivity index (χ3n) is 5.03. The molecular weight excluding hydrogens is 356 g/mol. The summed E-state index contributed by atoms with van der Waals surface area (Å²) in [6.07, 6.45) is 1.52. The summed E-state index contributed by atoms with van der Waals surface area (Å²) in [4.78, 5) is 24.9. The van der Waals surface area contributed by atoms with Crippen molar-refractivity contribution >= 4 is 16.9 Å². The van der Waals surface area contributed by atoms with Crippen molar-refractivity contribution in [3.8, 4) is 5.75 Å². The second kappa shape index (κ2) is 7.50. The topological polar surface area (TPSA) is 65.7 Å². The fourth-order valence-corrected chi connectivity index (χ4v) is 3.82. The van der Waals surface area contributed by atoms with E-state index in [0.29, 0.717) is 28.9 Å². The molecule has 1 aliphatic carbocycles. The predicted molar refractivity (Wildman–Crippen MR) is 106 cm³/mol. The van der Waals surface area contributed by atoms with Crippen molar-refractivity contribution in [1.29, 1.82) is 0 Å². The number of rotatable bonds is 5. The molecular formula is C23H22O5. The number of carbonyl (C=O) groups excluding carboxylic acids is 1. The van der Waals surface area contributed by atoms with Crippen molar-refractivity contribution in [2.45, 2.75) is 39.2 Å². The molecule has 1 atom stereocenters. The van der Waals surface area contributed by atoms with Crippen LogP contribution in [0.3, 0.4) is 0 Å². The van der Waals surface area contributed by atoms with E-state index in [1.54, 1.807) is 6.92 Å². The molecule has 5 nitrogen and oxygen atoms in total. The first-order valence-electron chi connectivity index (χ1n) is 9.56. The van der Waals surface area contributed by atoms with Gasteiger partial charge >= 0.3 is 11.6 Å². The van der Waals surface area contributed by atoms with Gasteiger partial charge in [-0.25, -0.2) is 9.59 Å². The molecule has 0 spiro atoms. The molecule has 4 rings (SSSR count). The monoisotopic (exact) mass is 378 g/mol. The zero-order chi connectivity index (χ0) is 19.7. The van der Waals surface area contributed by atoms with Crippen LogP contribution in [-0.4, -0.2) is 12.6 Å². The minimum absolute atomic E-state index is 0.268. The second-order valence-corrected chi connectivity index (χ2v) is 7.00. The van der Waals surface area contributed by atoms with E-state index in [1.807, 2.05) is 49.4 Å². The van der Waals surface area contributed by atoms with Gasteiger partial charge in [0.05, 0.1) is 12.0 Å². The zero-order valence-corrected chi connectivity index (χ0v) is 16.0. The fraction of sp³-hybridized carbons (Fsp3) is 0.304. The summed E-state index contributed by atoms with van der Waals surface area (Å²) in [5.41, 5.74) is 3.51. The van der Waals surface area contributed by atoms with Crippen LogP contribution >= 0.6 is 0 Å². The normalized spacial score (nSPS) is 13.9. The second-order valence-electron chi connectivity index (χ2n) is 7.00. The van der Waals surface area contributed by atoms with E-state index in [9.17, 15) is 9.59 Å². The van der Waals surface area contributed by atoms with Gasteiger partial charge in [0.1, 0.15) is 11.3 Å². The van der Waals surface area contributed by atoms with Crippen LogP contribution in [0.2, 0.25) is 0 Å². The van der Waals surface area contributed by atoms with Gasteiger partial charge in [0.2, 0.25) is 6.10 Å². The number of esters is 1. The van der Waals surface area contributed by atoms with Crippen LogP contribution in [0.4, 0.5) is 0 Å². The first-order chi connectivity index (χ1) is 13.6. The van der Waals surface area contributed by atoms with Crippen molar-refractivity contribution in [2.24, 2.45) is 0 Å². The maximum atomic E-state index is 12.6. The van der Waals surface area contributed by atoms with Gasteiger partial charge in [-0.3, -0.25) is 0 Å². The van der Waals surface area contributed by atoms with E-state index < -0.39 is 12.1 Å². The van der Waals surface area contributed by atoms with Crippen molar-refractivity contribution in [3.05, 3.63) is 75.1 Å². The Bertz CT molecular complexity index is 1080. The molecule has 5 heteroatoms. The van der Waals surface area contributed by atoms with Crippen molar-refractivity contribution in [2.75, 3.05) is 6.61 Å². The molecule has 1 unspecified atom stereocenters. The van der Waals surface area contributed by atoms with Gasteiger partial charge in [0.15, 0.2) is 0 Å². The molecule has 0 saturated carbocycles. The van der Waals surface area contributed by atoms with Gasteiger partial charge in [0, 0.05) is 11.1 Å². The highest BCUT2D eigenvalue weighted by Crippen LogP contribution is 2.37. The molecule has 0 saturated heterocycles. The average Bonchev–Trinajstić information content (AvgIpc) is 3.17. The summed E-state index contributed by atoms with van der Waals surface area (Å²) in [5, 5.41) is 0.780. The highest BCUT2D eigenvalue weighted by molar-refractivity contribution is 5.89. The molecule has 0 N–H and O–H groups in total. The summed E-state index contributed by atoms with van der Waals surface area (Å²) in [6.45, 7) is 3.94. The SMILES string of the molecule is CCOC(=O)C(Oc1cc(C)cc2oc(=O)c3c(c12)CCC3)c1ccccc1. The van der Waals surface area contributed by atoms with E-state index in [2.05, 4.69) is 0 Å². The number of ether oxygens (including phenoxy) is 2. The molecule has 0 aliphatic heterocycles. The van der Waals surface area contributed by atoms with Crippen LogP contribution in [0.5, 0.6) is 5.75 Å². The summed E-state index contributed by atoms with van der Waals surface area (Å²) >= 11 is 0. The Hall–Kier alpha value is -3.08. The Morgan fingerprint density at radius 2 is 1.89 bits per heavy atom. The highest BCUT2D eigenvalue weighted by Gasteiger charge is 2.28. The predicted octanol–water partition coefficient (Wildman–Crippen LogP) is 4.27. The van der Waals surface area contributed by atoms with Gasteiger partial charge in [-0.05, 0) is 56.4 Å². The third kappa shape index (κ3) is 3.28. The Morgan fingerprint density at radius 3 is 2.64 bits per heavy atom. The molecule has 1 aromatic heterocycles. The molecule has 2 aromatic carbocycles. The first-order valence-corrected chi connectivity index (χ1v) is 9.56. The van der Waals surface area contributed by atoms with Gasteiger partial charge in [-0.1, -0.05) is 30.3 Å². The summed E-state index contributed by atoms with van der Waals surface area (Å²) < 4.78 is 17.1. The molecule has 1 heterocycles. The minimum atomic E-state index is -0.893. The molecule has 28 heavy (non-hydrogen) atoms. The van der Waals surface area contributed by atoms with Crippen molar-refractivity contribution in [3.63, 3.8) is 0 Å². The van der Waals surface area contributed by atoms with Crippen LogP contribution in [0.25, 0.3) is 11.0 Å². The molecule has 0 radical (unpaired) electrons. The van der Waals surface area contributed by atoms with Gasteiger partial charge in [-0.2, -0.15) is 0 Å².